The molecule has 2 amide bonds. The lowest BCUT2D eigenvalue weighted by Crippen LogP contribution is -2.18. The average molecular weight is 422 g/mol. The second-order valence-corrected chi connectivity index (χ2v) is 7.39. The van der Waals surface area contributed by atoms with E-state index in [2.05, 4.69) is 25.7 Å². The third-order valence-corrected chi connectivity index (χ3v) is 5.46. The number of carbonyl (C=O) groups excluding carboxylic acids is 2. The van der Waals surface area contributed by atoms with Crippen molar-refractivity contribution in [2.24, 2.45) is 7.05 Å². The number of anilines is 1. The number of hydrogen-bond acceptors (Lipinski definition) is 7. The quantitative estimate of drug-likeness (QED) is 0.512. The number of carbonyl (C=O) groups is 2. The molecule has 0 aliphatic rings. The maximum atomic E-state index is 12.6. The first-order valence-electron chi connectivity index (χ1n) is 8.96. The van der Waals surface area contributed by atoms with E-state index in [-0.39, 0.29) is 11.8 Å². The number of nitrogens with zero attached hydrogens (tertiary/aromatic N) is 4. The summed E-state index contributed by atoms with van der Waals surface area (Å²) in [7, 11) is 4.92. The number of ether oxygens (including phenoxy) is 1. The molecule has 4 aromatic rings. The monoisotopic (exact) mass is 422 g/mol. The molecule has 3 heterocycles. The van der Waals surface area contributed by atoms with Crippen molar-refractivity contribution in [2.45, 2.75) is 0 Å². The van der Waals surface area contributed by atoms with Crippen LogP contribution in [-0.2, 0) is 7.05 Å². The first kappa shape index (κ1) is 19.5. The minimum absolute atomic E-state index is 0.212. The topological polar surface area (TPSA) is 111 Å². The average Bonchev–Trinajstić information content (AvgIpc) is 3.38. The summed E-state index contributed by atoms with van der Waals surface area (Å²) in [5.74, 6) is -0.160. The van der Waals surface area contributed by atoms with E-state index in [4.69, 9.17) is 4.74 Å². The molecule has 9 nitrogen and oxygen atoms in total. The van der Waals surface area contributed by atoms with Crippen molar-refractivity contribution in [1.29, 1.82) is 0 Å². The van der Waals surface area contributed by atoms with Gasteiger partial charge in [0.25, 0.3) is 11.8 Å². The summed E-state index contributed by atoms with van der Waals surface area (Å²) in [5, 5.41) is 9.98. The zero-order chi connectivity index (χ0) is 21.3. The van der Waals surface area contributed by atoms with Crippen LogP contribution in [0.3, 0.4) is 0 Å². The third kappa shape index (κ3) is 3.60. The molecule has 0 aliphatic carbocycles. The Morgan fingerprint density at radius 1 is 1.10 bits per heavy atom. The lowest BCUT2D eigenvalue weighted by atomic mass is 10.1. The van der Waals surface area contributed by atoms with Crippen molar-refractivity contribution in [3.63, 3.8) is 0 Å². The molecule has 0 atom stereocenters. The van der Waals surface area contributed by atoms with Crippen LogP contribution in [0.1, 0.15) is 20.7 Å². The Balaban J connectivity index is 1.66. The van der Waals surface area contributed by atoms with Gasteiger partial charge in [-0.25, -0.2) is 9.97 Å². The largest absolute Gasteiger partial charge is 0.479 e. The van der Waals surface area contributed by atoms with Crippen LogP contribution >= 0.6 is 11.3 Å². The number of hydrogen-bond donors (Lipinski definition) is 2. The van der Waals surface area contributed by atoms with Gasteiger partial charge in [-0.3, -0.25) is 19.6 Å². The highest BCUT2D eigenvalue weighted by molar-refractivity contribution is 7.23. The molecule has 0 aliphatic heterocycles. The van der Waals surface area contributed by atoms with Gasteiger partial charge in [-0.15, -0.1) is 0 Å². The maximum Gasteiger partial charge on any atom is 0.257 e. The van der Waals surface area contributed by atoms with Crippen molar-refractivity contribution >= 4 is 38.5 Å². The van der Waals surface area contributed by atoms with Crippen LogP contribution in [0, 0.1) is 0 Å². The fourth-order valence-corrected chi connectivity index (χ4v) is 3.93. The number of amides is 2. The Morgan fingerprint density at radius 2 is 1.80 bits per heavy atom. The molecule has 0 bridgehead atoms. The van der Waals surface area contributed by atoms with E-state index in [1.807, 2.05) is 13.2 Å². The molecule has 0 saturated heterocycles. The second-order valence-electron chi connectivity index (χ2n) is 6.39. The fourth-order valence-electron chi connectivity index (χ4n) is 2.95. The first-order chi connectivity index (χ1) is 14.5. The molecular weight excluding hydrogens is 404 g/mol. The minimum atomic E-state index is -0.327. The van der Waals surface area contributed by atoms with Crippen molar-refractivity contribution < 1.29 is 14.3 Å². The maximum absolute atomic E-state index is 12.6. The summed E-state index contributed by atoms with van der Waals surface area (Å²) < 4.78 is 7.87. The van der Waals surface area contributed by atoms with E-state index in [1.54, 1.807) is 48.4 Å². The van der Waals surface area contributed by atoms with Gasteiger partial charge in [0.15, 0.2) is 5.13 Å². The molecule has 0 spiro atoms. The molecule has 1 aromatic carbocycles. The van der Waals surface area contributed by atoms with Crippen LogP contribution < -0.4 is 15.4 Å². The molecule has 0 unspecified atom stereocenters. The summed E-state index contributed by atoms with van der Waals surface area (Å²) in [6, 6.07) is 6.38. The Labute approximate surface area is 175 Å². The van der Waals surface area contributed by atoms with Gasteiger partial charge in [0, 0.05) is 48.7 Å². The van der Waals surface area contributed by atoms with Gasteiger partial charge in [-0.1, -0.05) is 11.3 Å². The van der Waals surface area contributed by atoms with E-state index in [0.717, 1.165) is 15.8 Å². The third-order valence-electron chi connectivity index (χ3n) is 4.45. The van der Waals surface area contributed by atoms with Crippen LogP contribution in [0.15, 0.2) is 42.9 Å². The molecule has 2 N–H and O–H groups in total. The number of benzene rings is 1. The molecular formula is C20H18N6O3S. The van der Waals surface area contributed by atoms with Crippen molar-refractivity contribution in [3.8, 4) is 17.0 Å². The molecule has 4 rings (SSSR count). The van der Waals surface area contributed by atoms with Gasteiger partial charge in [-0.2, -0.15) is 5.10 Å². The summed E-state index contributed by atoms with van der Waals surface area (Å²) in [6.07, 6.45) is 5.34. The molecule has 0 saturated carbocycles. The Hall–Kier alpha value is -3.79. The molecule has 3 aromatic heterocycles. The minimum Gasteiger partial charge on any atom is -0.479 e. The Morgan fingerprint density at radius 3 is 2.40 bits per heavy atom. The highest BCUT2D eigenvalue weighted by Crippen LogP contribution is 2.38. The predicted molar refractivity (Wildman–Crippen MR) is 114 cm³/mol. The van der Waals surface area contributed by atoms with Crippen LogP contribution in [0.2, 0.25) is 0 Å². The number of thiazole rings is 1. The number of fused-ring (bicyclic) bond motifs is 1. The second kappa shape index (κ2) is 7.91. The number of aromatic nitrogens is 4. The van der Waals surface area contributed by atoms with E-state index in [0.29, 0.717) is 27.7 Å². The standard InChI is InChI=1S/C20H18N6O3S/c1-21-17(27)11-4-6-12(7-5-11)18(28)25-20-24-15-16(30-20)14(9-22-19(15)29-3)13-8-23-26(2)10-13/h4-10H,1-3H3,(H,21,27)(H,24,25,28). The normalized spacial score (nSPS) is 10.8. The first-order valence-corrected chi connectivity index (χ1v) is 9.78. The SMILES string of the molecule is CNC(=O)c1ccc(C(=O)Nc2nc3c(OC)ncc(-c4cnn(C)c4)c3s2)cc1. The van der Waals surface area contributed by atoms with E-state index >= 15 is 0 Å². The number of aryl methyl sites for hydroxylation is 1. The van der Waals surface area contributed by atoms with Crippen molar-refractivity contribution in [1.82, 2.24) is 25.1 Å². The number of pyridine rings is 1. The van der Waals surface area contributed by atoms with Gasteiger partial charge in [0.1, 0.15) is 5.52 Å². The van der Waals surface area contributed by atoms with E-state index in [9.17, 15) is 9.59 Å². The van der Waals surface area contributed by atoms with Crippen molar-refractivity contribution in [2.75, 3.05) is 19.5 Å². The number of rotatable bonds is 5. The number of methoxy groups -OCH3 is 1. The zero-order valence-corrected chi connectivity index (χ0v) is 17.3. The highest BCUT2D eigenvalue weighted by atomic mass is 32.1. The van der Waals surface area contributed by atoms with Crippen LogP contribution in [-0.4, -0.2) is 45.7 Å². The van der Waals surface area contributed by atoms with Crippen molar-refractivity contribution in [3.05, 3.63) is 54.0 Å². The summed E-state index contributed by atoms with van der Waals surface area (Å²) in [4.78, 5) is 33.1. The summed E-state index contributed by atoms with van der Waals surface area (Å²) in [6.45, 7) is 0. The van der Waals surface area contributed by atoms with Crippen LogP contribution in [0.25, 0.3) is 21.3 Å². The molecule has 30 heavy (non-hydrogen) atoms. The number of nitrogens with one attached hydrogen (secondary N) is 2. The van der Waals surface area contributed by atoms with Gasteiger partial charge >= 0.3 is 0 Å². The Bertz CT molecular complexity index is 1250. The lowest BCUT2D eigenvalue weighted by Gasteiger charge is -2.03. The highest BCUT2D eigenvalue weighted by Gasteiger charge is 2.18. The summed E-state index contributed by atoms with van der Waals surface area (Å²) >= 11 is 1.33. The molecule has 10 heteroatoms. The predicted octanol–water partition coefficient (Wildman–Crippen LogP) is 2.71. The fraction of sp³-hybridized carbons (Fsp3) is 0.150. The van der Waals surface area contributed by atoms with Gasteiger partial charge in [-0.05, 0) is 24.3 Å². The smallest absolute Gasteiger partial charge is 0.257 e. The van der Waals surface area contributed by atoms with E-state index in [1.165, 1.54) is 18.4 Å². The van der Waals surface area contributed by atoms with Gasteiger partial charge in [0.05, 0.1) is 18.0 Å². The van der Waals surface area contributed by atoms with Gasteiger partial charge in [0.2, 0.25) is 5.88 Å². The van der Waals surface area contributed by atoms with Crippen LogP contribution in [0.5, 0.6) is 5.88 Å². The van der Waals surface area contributed by atoms with Gasteiger partial charge < -0.3 is 10.1 Å². The Kier molecular flexibility index (Phi) is 5.15. The van der Waals surface area contributed by atoms with E-state index < -0.39 is 0 Å². The molecule has 0 fully saturated rings. The summed E-state index contributed by atoms with van der Waals surface area (Å²) in [5.41, 5.74) is 3.20. The zero-order valence-electron chi connectivity index (χ0n) is 16.5. The lowest BCUT2D eigenvalue weighted by molar-refractivity contribution is 0.0961. The van der Waals surface area contributed by atoms with Crippen LogP contribution in [0.4, 0.5) is 5.13 Å². The molecule has 0 radical (unpaired) electrons. The molecule has 152 valence electrons.